The summed E-state index contributed by atoms with van der Waals surface area (Å²) < 4.78 is 32.5. The van der Waals surface area contributed by atoms with E-state index in [1.165, 1.54) is 23.0 Å². The monoisotopic (exact) mass is 1920 g/mol. The predicted molar refractivity (Wildman–Crippen MR) is 576 cm³/mol. The lowest BCUT2D eigenvalue weighted by atomic mass is 9.71. The molecule has 0 aromatic heterocycles. The first kappa shape index (κ1) is 95.0. The van der Waals surface area contributed by atoms with Crippen LogP contribution in [0.5, 0.6) is 0 Å². The largest absolute Gasteiger partial charge is 0.484 e. The minimum atomic E-state index is -0.994. The van der Waals surface area contributed by atoms with Gasteiger partial charge in [0.1, 0.15) is 86.4 Å². The number of carbonyl (C=O) groups excluding carboxylic acids is 6. The van der Waals surface area contributed by atoms with E-state index in [1.807, 2.05) is 404 Å². The summed E-state index contributed by atoms with van der Waals surface area (Å²) in [7, 11) is 0. The van der Waals surface area contributed by atoms with Gasteiger partial charge in [-0.3, -0.25) is 28.8 Å². The van der Waals surface area contributed by atoms with Gasteiger partial charge >= 0.3 is 0 Å². The van der Waals surface area contributed by atoms with Crippen LogP contribution in [0.25, 0.3) is 28.8 Å². The molecule has 0 saturated carbocycles. The molecule has 6 amide bonds. The number of nitrogens with one attached hydrogen (secondary N) is 1. The Hall–Kier alpha value is -17.2. The van der Waals surface area contributed by atoms with E-state index in [-0.39, 0.29) is 59.9 Å². The van der Waals surface area contributed by atoms with E-state index in [4.69, 9.17) is 23.7 Å². The van der Waals surface area contributed by atoms with Crippen molar-refractivity contribution in [2.45, 2.75) is 89.8 Å². The third-order valence-electron chi connectivity index (χ3n) is 29.4. The van der Waals surface area contributed by atoms with Crippen molar-refractivity contribution >= 4 is 92.7 Å². The Labute approximate surface area is 852 Å². The van der Waals surface area contributed by atoms with Crippen LogP contribution < -0.4 is 24.9 Å². The highest BCUT2D eigenvalue weighted by atomic mass is 16.5. The van der Waals surface area contributed by atoms with Gasteiger partial charge in [0.15, 0.2) is 0 Å². The van der Waals surface area contributed by atoms with E-state index in [2.05, 4.69) is 91.6 Å². The predicted octanol–water partition coefficient (Wildman–Crippen LogP) is 26.6. The number of fused-ring (bicyclic) bond motifs is 5. The quantitative estimate of drug-likeness (QED) is 0.0968. The van der Waals surface area contributed by atoms with Gasteiger partial charge in [-0.1, -0.05) is 407 Å². The summed E-state index contributed by atoms with van der Waals surface area (Å²) in [6.07, 6.45) is 13.8. The summed E-state index contributed by atoms with van der Waals surface area (Å²) in [4.78, 5) is 88.8. The highest BCUT2D eigenvalue weighted by molar-refractivity contribution is 6.19. The summed E-state index contributed by atoms with van der Waals surface area (Å²) in [5.41, 5.74) is 16.0. The molecule has 0 bridgehead atoms. The molecule has 15 aromatic rings. The molecule has 0 radical (unpaired) electrons. The normalized spacial score (nSPS) is 22.7. The van der Waals surface area contributed by atoms with Gasteiger partial charge in [0.2, 0.25) is 35.4 Å². The molecule has 16 nitrogen and oxygen atoms in total. The second kappa shape index (κ2) is 41.0. The molecule has 0 saturated heterocycles. The third kappa shape index (κ3) is 17.8. The Morgan fingerprint density at radius 3 is 0.849 bits per heavy atom. The zero-order chi connectivity index (χ0) is 99.9. The van der Waals surface area contributed by atoms with Crippen molar-refractivity contribution in [3.63, 3.8) is 0 Å². The maximum atomic E-state index is 14.1. The van der Waals surface area contributed by atoms with Crippen LogP contribution in [0.1, 0.15) is 141 Å². The van der Waals surface area contributed by atoms with Crippen LogP contribution in [0.3, 0.4) is 0 Å². The van der Waals surface area contributed by atoms with Gasteiger partial charge in [-0.2, -0.15) is 0 Å². The Morgan fingerprint density at radius 1 is 0.295 bits per heavy atom. The molecule has 10 aliphatic rings. The average Bonchev–Trinajstić information content (AvgIpc) is 1.51. The molecule has 146 heavy (non-hydrogen) atoms. The number of carbonyl (C=O) groups is 6. The molecular formula is C130H111N5O11. The molecule has 0 fully saturated rings. The van der Waals surface area contributed by atoms with Crippen LogP contribution in [0.4, 0.5) is 28.4 Å². The Bertz CT molecular complexity index is 7540. The van der Waals surface area contributed by atoms with Crippen molar-refractivity contribution < 1.29 is 52.5 Å². The van der Waals surface area contributed by atoms with Crippen molar-refractivity contribution in [2.75, 3.05) is 44.6 Å². The third-order valence-corrected chi connectivity index (χ3v) is 29.4. The molecule has 10 atom stereocenters. The Morgan fingerprint density at radius 2 is 0.534 bits per heavy atom. The minimum Gasteiger partial charge on any atom is -0.484 e. The van der Waals surface area contributed by atoms with Crippen molar-refractivity contribution in [1.82, 2.24) is 0 Å². The summed E-state index contributed by atoms with van der Waals surface area (Å²) in [5, 5.41) is 3.10. The number of benzene rings is 15. The maximum Gasteiger partial charge on any atom is 0.248 e. The first-order valence-corrected chi connectivity index (χ1v) is 50.2. The number of amides is 6. The van der Waals surface area contributed by atoms with E-state index in [1.54, 1.807) is 6.08 Å². The molecule has 0 unspecified atom stereocenters. The van der Waals surface area contributed by atoms with E-state index >= 15 is 0 Å². The Balaban J connectivity index is 0.000000107. The zero-order valence-electron chi connectivity index (χ0n) is 81.6. The fourth-order valence-corrected chi connectivity index (χ4v) is 22.6. The molecule has 1 N–H and O–H groups in total. The number of hydrogen-bond donors (Lipinski definition) is 1. The van der Waals surface area contributed by atoms with Gasteiger partial charge < -0.3 is 43.7 Å². The van der Waals surface area contributed by atoms with E-state index in [9.17, 15) is 28.8 Å². The number of para-hydroxylation sites is 5. The number of imide groups is 1. The van der Waals surface area contributed by atoms with Gasteiger partial charge in [0.05, 0.1) is 5.69 Å². The summed E-state index contributed by atoms with van der Waals surface area (Å²) in [6.45, 7) is 11.3. The second-order valence-corrected chi connectivity index (χ2v) is 38.5. The minimum absolute atomic E-state index is 0.0130. The SMILES string of the molecule is C=CCN1C(=O)[C@]2(C=C(c3ccccc3)O[C@H]2c2ccccc2)Cc2ccccc21.CC(=O)N1C(=O)[C@]2(C=C(c3ccccc3)O[C@H]2c2ccccc2)Cc2ccccc21.CCCN1C(=O)[C@]2(C=C(c3ccccc3)O[C@H]2c2ccccc2)Cc2ccccc21.CCN1C(=O)[C@]2(C=C(c3ccccc3)O[C@H]2c2ccccc2)Cc2ccccc21.O=C1Nc2ccccc2C[C@@]12C=C(c1ccccc1)O[C@H]2c1ccccc1. The molecule has 25 rings (SSSR count). The topological polar surface area (TPSA) is 174 Å². The van der Waals surface area contributed by atoms with E-state index < -0.39 is 33.2 Å². The number of nitrogens with zero attached hydrogens (tertiary/aromatic N) is 4. The first-order valence-electron chi connectivity index (χ1n) is 50.2. The summed E-state index contributed by atoms with van der Waals surface area (Å²) in [6, 6.07) is 140. The van der Waals surface area contributed by atoms with E-state index in [0.29, 0.717) is 63.2 Å². The lowest BCUT2D eigenvalue weighted by Gasteiger charge is -2.42. The first-order chi connectivity index (χ1) is 71.5. The van der Waals surface area contributed by atoms with Crippen molar-refractivity contribution in [2.24, 2.45) is 27.1 Å². The lowest BCUT2D eigenvalue weighted by Crippen LogP contribution is -2.52. The molecule has 15 aromatic carbocycles. The van der Waals surface area contributed by atoms with Crippen LogP contribution in [0.15, 0.2) is 468 Å². The Kier molecular flexibility index (Phi) is 26.7. The molecule has 16 heteroatoms. The van der Waals surface area contributed by atoms with Gasteiger partial charge in [0, 0.05) is 77.1 Å². The molecule has 10 heterocycles. The van der Waals surface area contributed by atoms with Crippen LogP contribution in [-0.4, -0.2) is 55.1 Å². The van der Waals surface area contributed by atoms with Crippen molar-refractivity contribution in [1.29, 1.82) is 0 Å². The molecule has 5 spiro atoms. The van der Waals surface area contributed by atoms with Crippen molar-refractivity contribution in [3.05, 3.63) is 551 Å². The van der Waals surface area contributed by atoms with Gasteiger partial charge in [0.25, 0.3) is 0 Å². The van der Waals surface area contributed by atoms with Crippen molar-refractivity contribution in [3.8, 4) is 0 Å². The van der Waals surface area contributed by atoms with E-state index in [0.717, 1.165) is 125 Å². The molecule has 10 aliphatic heterocycles. The highest BCUT2D eigenvalue weighted by Gasteiger charge is 2.61. The fourth-order valence-electron chi connectivity index (χ4n) is 22.6. The number of hydrogen-bond acceptors (Lipinski definition) is 11. The molecule has 722 valence electrons. The molecule has 0 aliphatic carbocycles. The van der Waals surface area contributed by atoms with Gasteiger partial charge in [-0.25, -0.2) is 4.90 Å². The lowest BCUT2D eigenvalue weighted by molar-refractivity contribution is -0.135. The van der Waals surface area contributed by atoms with Crippen LogP contribution >= 0.6 is 0 Å². The van der Waals surface area contributed by atoms with Crippen LogP contribution in [0.2, 0.25) is 0 Å². The highest BCUT2D eigenvalue weighted by Crippen LogP contribution is 2.61. The molecular weight excluding hydrogens is 1810 g/mol. The number of rotatable bonds is 15. The number of anilines is 5. The summed E-state index contributed by atoms with van der Waals surface area (Å²) >= 11 is 0. The smallest absolute Gasteiger partial charge is 0.248 e. The maximum absolute atomic E-state index is 14.1. The van der Waals surface area contributed by atoms with Gasteiger partial charge in [-0.15, -0.1) is 6.58 Å². The zero-order valence-corrected chi connectivity index (χ0v) is 81.6. The van der Waals surface area contributed by atoms with Gasteiger partial charge in [-0.05, 0) is 162 Å². The fraction of sp³-hybridized carbons (Fsp3) is 0.169. The standard InChI is InChI=1S/C27H25NO2.C27H23NO2.C26H21NO3.C26H23NO2.C24H19NO2/c2*1-2-17-28-23-16-10-9-15-22(23)18-27(26(28)29)19-24(20-11-5-3-6-12-20)30-25(27)21-13-7-4-8-14-21;1-18(28)27-22-15-9-8-14-21(22)16-26(25(27)29)17-23(19-10-4-2-5-11-19)30-24(26)20-12-6-3-7-13-20;1-2-27-22-16-10-9-15-21(22)17-26(25(27)28)18-23(19-11-5-3-6-12-19)29-24(26)20-13-7-4-8-14-20;26-23-24(15-19-13-7-8-14-20(19)25-23)16-21(17-9-3-1-4-10-17)27-22(24)18-11-5-2-6-12-18/h3-16,19,25H,2,17-18H2,1H3;2-16,19,25H,1,17-18H2;2-15,17,24H,16H2,1H3;3-16,18,24H,2,17H2,1H3;1-14,16,22H,15H2,(H,25,26)/t2*25-,27-;2*24-,26-;22-,24-/m00000/s1. The average molecular weight is 1920 g/mol. The second-order valence-electron chi connectivity index (χ2n) is 38.5. The van der Waals surface area contributed by atoms with Crippen LogP contribution in [-0.2, 0) is 84.6 Å². The number of ether oxygens (including phenoxy) is 5. The van der Waals surface area contributed by atoms with Crippen LogP contribution in [0, 0.1) is 27.1 Å². The summed E-state index contributed by atoms with van der Waals surface area (Å²) in [5.74, 6) is 3.50.